The Labute approximate surface area is 99.3 Å². The Morgan fingerprint density at radius 3 is 2.59 bits per heavy atom. The molecule has 1 saturated heterocycles. The minimum Gasteiger partial charge on any atom is -0.382 e. The number of H-pyrrole nitrogens is 1. The van der Waals surface area contributed by atoms with Crippen LogP contribution in [0.5, 0.6) is 0 Å². The summed E-state index contributed by atoms with van der Waals surface area (Å²) in [6, 6.07) is 0. The number of nitrogens with two attached hydrogens (primary N) is 1. The second-order valence-corrected chi connectivity index (χ2v) is 4.42. The lowest BCUT2D eigenvalue weighted by molar-refractivity contribution is 0.726. The second kappa shape index (κ2) is 4.20. The van der Waals surface area contributed by atoms with Crippen LogP contribution in [0.3, 0.4) is 0 Å². The fourth-order valence-electron chi connectivity index (χ4n) is 2.27. The Hall–Kier alpha value is -1.85. The minimum atomic E-state index is 0.462. The lowest BCUT2D eigenvalue weighted by Crippen LogP contribution is -2.24. The highest BCUT2D eigenvalue weighted by Gasteiger charge is 2.15. The van der Waals surface area contributed by atoms with E-state index in [0.29, 0.717) is 11.5 Å². The van der Waals surface area contributed by atoms with E-state index < -0.39 is 0 Å². The first-order valence-corrected chi connectivity index (χ1v) is 6.06. The maximum Gasteiger partial charge on any atom is 0.205 e. The molecule has 0 radical (unpaired) electrons. The monoisotopic (exact) mass is 232 g/mol. The Morgan fingerprint density at radius 2 is 1.88 bits per heavy atom. The van der Waals surface area contributed by atoms with Crippen molar-refractivity contribution in [2.24, 2.45) is 0 Å². The number of nitrogens with zero attached hydrogens (tertiary/aromatic N) is 4. The zero-order chi connectivity index (χ0) is 11.7. The van der Waals surface area contributed by atoms with Crippen molar-refractivity contribution < 1.29 is 0 Å². The van der Waals surface area contributed by atoms with Gasteiger partial charge in [-0.05, 0) is 12.8 Å². The standard InChI is InChI=1S/C11H16N6/c12-9-8-10(14-7-13-9)16-11(15-8)17-5-3-1-2-4-6-17/h7H,1-6H2,(H3,12,13,14,15,16). The molecule has 0 saturated carbocycles. The Bertz CT molecular complexity index is 512. The highest BCUT2D eigenvalue weighted by atomic mass is 15.3. The Morgan fingerprint density at radius 1 is 1.12 bits per heavy atom. The van der Waals surface area contributed by atoms with Crippen LogP contribution in [0.2, 0.25) is 0 Å². The van der Waals surface area contributed by atoms with Gasteiger partial charge in [0.25, 0.3) is 0 Å². The van der Waals surface area contributed by atoms with Crippen LogP contribution >= 0.6 is 0 Å². The number of hydrogen-bond acceptors (Lipinski definition) is 5. The van der Waals surface area contributed by atoms with Gasteiger partial charge in [-0.3, -0.25) is 0 Å². The summed E-state index contributed by atoms with van der Waals surface area (Å²) < 4.78 is 0. The maximum absolute atomic E-state index is 5.79. The summed E-state index contributed by atoms with van der Waals surface area (Å²) in [5.41, 5.74) is 7.18. The molecule has 90 valence electrons. The molecule has 3 rings (SSSR count). The highest BCUT2D eigenvalue weighted by Crippen LogP contribution is 2.21. The number of nitrogen functional groups attached to an aromatic ring is 1. The Kier molecular flexibility index (Phi) is 2.55. The summed E-state index contributed by atoms with van der Waals surface area (Å²) in [5.74, 6) is 1.33. The molecule has 0 aromatic carbocycles. The van der Waals surface area contributed by atoms with Crippen molar-refractivity contribution in [3.63, 3.8) is 0 Å². The van der Waals surface area contributed by atoms with Gasteiger partial charge in [0, 0.05) is 13.1 Å². The van der Waals surface area contributed by atoms with E-state index in [-0.39, 0.29) is 0 Å². The SMILES string of the molecule is Nc1ncnc2nc(N3CCCCCC3)[nH]c12. The molecule has 6 nitrogen and oxygen atoms in total. The number of rotatable bonds is 1. The number of hydrogen-bond donors (Lipinski definition) is 2. The number of aromatic amines is 1. The third-order valence-electron chi connectivity index (χ3n) is 3.21. The van der Waals surface area contributed by atoms with Crippen LogP contribution in [-0.4, -0.2) is 33.0 Å². The summed E-state index contributed by atoms with van der Waals surface area (Å²) in [7, 11) is 0. The Balaban J connectivity index is 1.96. The molecule has 1 fully saturated rings. The van der Waals surface area contributed by atoms with Crippen LogP contribution in [-0.2, 0) is 0 Å². The average molecular weight is 232 g/mol. The largest absolute Gasteiger partial charge is 0.382 e. The van der Waals surface area contributed by atoms with E-state index in [2.05, 4.69) is 24.8 Å². The van der Waals surface area contributed by atoms with E-state index in [0.717, 1.165) is 24.6 Å². The number of anilines is 2. The van der Waals surface area contributed by atoms with Crippen LogP contribution in [0.15, 0.2) is 6.33 Å². The molecule has 2 aromatic rings. The third-order valence-corrected chi connectivity index (χ3v) is 3.21. The maximum atomic E-state index is 5.79. The van der Waals surface area contributed by atoms with Gasteiger partial charge in [0.15, 0.2) is 11.5 Å². The third kappa shape index (κ3) is 1.90. The molecule has 0 aliphatic carbocycles. The molecule has 0 bridgehead atoms. The molecular formula is C11H16N6. The van der Waals surface area contributed by atoms with Gasteiger partial charge in [-0.15, -0.1) is 0 Å². The molecule has 0 unspecified atom stereocenters. The molecule has 0 atom stereocenters. The van der Waals surface area contributed by atoms with E-state index in [1.165, 1.54) is 32.0 Å². The number of fused-ring (bicyclic) bond motifs is 1. The van der Waals surface area contributed by atoms with Gasteiger partial charge in [-0.25, -0.2) is 9.97 Å². The van der Waals surface area contributed by atoms with Gasteiger partial charge >= 0.3 is 0 Å². The zero-order valence-corrected chi connectivity index (χ0v) is 9.69. The van der Waals surface area contributed by atoms with Crippen LogP contribution in [0, 0.1) is 0 Å². The van der Waals surface area contributed by atoms with Gasteiger partial charge in [-0.1, -0.05) is 12.8 Å². The van der Waals surface area contributed by atoms with Crippen molar-refractivity contribution in [3.05, 3.63) is 6.33 Å². The number of nitrogens with one attached hydrogen (secondary N) is 1. The van der Waals surface area contributed by atoms with E-state index >= 15 is 0 Å². The molecule has 0 spiro atoms. The van der Waals surface area contributed by atoms with Crippen molar-refractivity contribution in [2.45, 2.75) is 25.7 Å². The molecular weight excluding hydrogens is 216 g/mol. The summed E-state index contributed by atoms with van der Waals surface area (Å²) >= 11 is 0. The van der Waals surface area contributed by atoms with Crippen LogP contribution in [0.4, 0.5) is 11.8 Å². The minimum absolute atomic E-state index is 0.462. The molecule has 2 aromatic heterocycles. The highest BCUT2D eigenvalue weighted by molar-refractivity contribution is 5.83. The lowest BCUT2D eigenvalue weighted by Gasteiger charge is -2.18. The normalized spacial score (nSPS) is 17.3. The number of aromatic nitrogens is 4. The summed E-state index contributed by atoms with van der Waals surface area (Å²) in [5, 5.41) is 0. The molecule has 17 heavy (non-hydrogen) atoms. The van der Waals surface area contributed by atoms with E-state index in [9.17, 15) is 0 Å². The first-order chi connectivity index (χ1) is 8.34. The van der Waals surface area contributed by atoms with Gasteiger partial charge < -0.3 is 15.6 Å². The zero-order valence-electron chi connectivity index (χ0n) is 9.69. The molecule has 1 aliphatic heterocycles. The summed E-state index contributed by atoms with van der Waals surface area (Å²) in [6.45, 7) is 2.10. The first-order valence-electron chi connectivity index (χ1n) is 6.06. The summed E-state index contributed by atoms with van der Waals surface area (Å²) in [4.78, 5) is 18.1. The predicted octanol–water partition coefficient (Wildman–Crippen LogP) is 1.32. The fourth-order valence-corrected chi connectivity index (χ4v) is 2.27. The molecule has 3 N–H and O–H groups in total. The number of imidazole rings is 1. The van der Waals surface area contributed by atoms with Crippen molar-refractivity contribution >= 4 is 22.9 Å². The van der Waals surface area contributed by atoms with E-state index in [1.807, 2.05) is 0 Å². The second-order valence-electron chi connectivity index (χ2n) is 4.42. The van der Waals surface area contributed by atoms with Gasteiger partial charge in [0.05, 0.1) is 0 Å². The van der Waals surface area contributed by atoms with Gasteiger partial charge in [0.1, 0.15) is 11.8 Å². The molecule has 3 heterocycles. The van der Waals surface area contributed by atoms with Crippen LogP contribution < -0.4 is 10.6 Å². The fraction of sp³-hybridized carbons (Fsp3) is 0.545. The lowest BCUT2D eigenvalue weighted by atomic mass is 10.2. The predicted molar refractivity (Wildman–Crippen MR) is 66.8 cm³/mol. The molecule has 0 amide bonds. The van der Waals surface area contributed by atoms with Crippen molar-refractivity contribution in [1.82, 2.24) is 19.9 Å². The quantitative estimate of drug-likeness (QED) is 0.774. The van der Waals surface area contributed by atoms with Crippen molar-refractivity contribution in [3.8, 4) is 0 Å². The van der Waals surface area contributed by atoms with E-state index in [1.54, 1.807) is 0 Å². The molecule has 1 aliphatic rings. The first kappa shape index (κ1) is 10.3. The van der Waals surface area contributed by atoms with Gasteiger partial charge in [0.2, 0.25) is 5.95 Å². The van der Waals surface area contributed by atoms with Crippen molar-refractivity contribution in [2.75, 3.05) is 23.7 Å². The van der Waals surface area contributed by atoms with E-state index in [4.69, 9.17) is 5.73 Å². The van der Waals surface area contributed by atoms with Crippen LogP contribution in [0.1, 0.15) is 25.7 Å². The smallest absolute Gasteiger partial charge is 0.205 e. The van der Waals surface area contributed by atoms with Crippen LogP contribution in [0.25, 0.3) is 11.2 Å². The van der Waals surface area contributed by atoms with Crippen molar-refractivity contribution in [1.29, 1.82) is 0 Å². The molecule has 6 heteroatoms. The van der Waals surface area contributed by atoms with Gasteiger partial charge in [-0.2, -0.15) is 4.98 Å². The summed E-state index contributed by atoms with van der Waals surface area (Å²) in [6.07, 6.45) is 6.50. The topological polar surface area (TPSA) is 83.7 Å². The average Bonchev–Trinajstić information content (AvgIpc) is 2.59.